The lowest BCUT2D eigenvalue weighted by Gasteiger charge is -2.25. The van der Waals surface area contributed by atoms with Gasteiger partial charge in [-0.15, -0.1) is 0 Å². The second kappa shape index (κ2) is 11.4. The topological polar surface area (TPSA) is 98.5 Å². The van der Waals surface area contributed by atoms with Crippen LogP contribution in [-0.2, 0) is 22.3 Å². The Morgan fingerprint density at radius 2 is 1.83 bits per heavy atom. The van der Waals surface area contributed by atoms with E-state index in [1.807, 2.05) is 0 Å². The summed E-state index contributed by atoms with van der Waals surface area (Å²) in [5.74, 6) is -0.853. The summed E-state index contributed by atoms with van der Waals surface area (Å²) in [6, 6.07) is 10.5. The van der Waals surface area contributed by atoms with Crippen LogP contribution in [0.15, 0.2) is 61.1 Å². The quantitative estimate of drug-likeness (QED) is 0.159. The summed E-state index contributed by atoms with van der Waals surface area (Å²) in [4.78, 5) is 20.2. The zero-order valence-corrected chi connectivity index (χ0v) is 21.8. The van der Waals surface area contributed by atoms with E-state index < -0.39 is 35.9 Å². The first kappa shape index (κ1) is 29.9. The number of aromatic nitrogens is 3. The molecule has 4 rings (SSSR count). The van der Waals surface area contributed by atoms with Crippen molar-refractivity contribution in [3.05, 3.63) is 71.6 Å². The molecule has 0 fully saturated rings. The fourth-order valence-corrected chi connectivity index (χ4v) is 3.88. The first-order valence-corrected chi connectivity index (χ1v) is 12.2. The molecule has 218 valence electrons. The fourth-order valence-electron chi connectivity index (χ4n) is 3.66. The summed E-state index contributed by atoms with van der Waals surface area (Å²) in [7, 11) is 0. The normalized spacial score (nSPS) is 13.6. The number of halogens is 7. The van der Waals surface area contributed by atoms with Gasteiger partial charge in [0.25, 0.3) is 0 Å². The zero-order chi connectivity index (χ0) is 30.0. The van der Waals surface area contributed by atoms with Crippen LogP contribution in [0.2, 0.25) is 5.02 Å². The number of anilines is 2. The summed E-state index contributed by atoms with van der Waals surface area (Å²) in [5, 5.41) is 12.6. The highest BCUT2D eigenvalue weighted by Gasteiger charge is 2.51. The molecule has 0 bridgehead atoms. The van der Waals surface area contributed by atoms with Crippen LogP contribution in [0.1, 0.15) is 18.9 Å². The average molecular weight is 603 g/mol. The lowest BCUT2D eigenvalue weighted by Crippen LogP contribution is -2.44. The summed E-state index contributed by atoms with van der Waals surface area (Å²) in [6.45, 7) is 0.230. The van der Waals surface area contributed by atoms with Gasteiger partial charge < -0.3 is 24.5 Å². The molecule has 8 nitrogen and oxygen atoms in total. The van der Waals surface area contributed by atoms with E-state index in [0.29, 0.717) is 29.5 Å². The minimum Gasteiger partial charge on any atom is -0.464 e. The molecule has 0 amide bonds. The first-order chi connectivity index (χ1) is 19.1. The Kier molecular flexibility index (Phi) is 8.36. The average Bonchev–Trinajstić information content (AvgIpc) is 3.28. The van der Waals surface area contributed by atoms with E-state index in [2.05, 4.69) is 15.3 Å². The van der Waals surface area contributed by atoms with Crippen molar-refractivity contribution in [3.8, 4) is 11.5 Å². The molecule has 2 heterocycles. The van der Waals surface area contributed by atoms with Crippen LogP contribution in [0, 0.1) is 0 Å². The number of nitrogens with zero attached hydrogens (tertiary/aromatic N) is 3. The number of hydrogen-bond acceptors (Lipinski definition) is 7. The zero-order valence-electron chi connectivity index (χ0n) is 21.1. The standard InChI is InChI=1S/C26H21ClF6N4O4/c1-24(39,26(31,32)33)13-21(38)40-10-9-37-8-7-19-22(37)23(35-14-34-19)36-16-5-6-20(18(27)12-16)41-17-4-2-3-15(11-17)25(28,29)30/h2-8,11-12,14,39H,9-10,13H2,1H3,(H,34,35,36). The van der Waals surface area contributed by atoms with E-state index in [4.69, 9.17) is 21.1 Å². The highest BCUT2D eigenvalue weighted by atomic mass is 35.5. The Balaban J connectivity index is 1.45. The van der Waals surface area contributed by atoms with Crippen LogP contribution in [0.25, 0.3) is 11.0 Å². The third kappa shape index (κ3) is 7.19. The summed E-state index contributed by atoms with van der Waals surface area (Å²) in [5.41, 5.74) is -2.66. The smallest absolute Gasteiger partial charge is 0.417 e. The van der Waals surface area contributed by atoms with Crippen molar-refractivity contribution in [2.75, 3.05) is 11.9 Å². The molecule has 4 aromatic rings. The van der Waals surface area contributed by atoms with E-state index >= 15 is 0 Å². The predicted octanol–water partition coefficient (Wildman–Crippen LogP) is 6.89. The summed E-state index contributed by atoms with van der Waals surface area (Å²) in [6.07, 6.45) is -7.88. The molecular formula is C26H21ClF6N4O4. The largest absolute Gasteiger partial charge is 0.464 e. The van der Waals surface area contributed by atoms with Gasteiger partial charge in [-0.05, 0) is 49.4 Å². The maximum atomic E-state index is 13.0. The van der Waals surface area contributed by atoms with Gasteiger partial charge in [0.2, 0.25) is 0 Å². The number of carbonyl (C=O) groups excluding carboxylic acids is 1. The molecule has 2 aromatic carbocycles. The number of hydrogen-bond donors (Lipinski definition) is 2. The van der Waals surface area contributed by atoms with Crippen molar-refractivity contribution in [1.29, 1.82) is 0 Å². The molecule has 0 radical (unpaired) electrons. The SMILES string of the molecule is CC(O)(CC(=O)OCCn1ccc2ncnc(Nc3ccc(Oc4cccc(C(F)(F)F)c4)c(Cl)c3)c21)C(F)(F)F. The van der Waals surface area contributed by atoms with Gasteiger partial charge in [-0.3, -0.25) is 4.79 Å². The van der Waals surface area contributed by atoms with Crippen molar-refractivity contribution in [2.45, 2.75) is 37.8 Å². The van der Waals surface area contributed by atoms with Gasteiger partial charge in [0.15, 0.2) is 11.4 Å². The molecule has 2 N–H and O–H groups in total. The van der Waals surface area contributed by atoms with Gasteiger partial charge in [0.05, 0.1) is 29.1 Å². The van der Waals surface area contributed by atoms with E-state index in [-0.39, 0.29) is 29.7 Å². The van der Waals surface area contributed by atoms with Gasteiger partial charge in [-0.1, -0.05) is 17.7 Å². The Morgan fingerprint density at radius 1 is 1.07 bits per heavy atom. The van der Waals surface area contributed by atoms with Crippen LogP contribution in [0.4, 0.5) is 37.8 Å². The second-order valence-corrected chi connectivity index (χ2v) is 9.44. The Morgan fingerprint density at radius 3 is 2.51 bits per heavy atom. The van der Waals surface area contributed by atoms with Crippen LogP contribution in [0.5, 0.6) is 11.5 Å². The molecule has 2 aromatic heterocycles. The number of benzene rings is 2. The molecule has 0 aliphatic rings. The maximum Gasteiger partial charge on any atom is 0.417 e. The van der Waals surface area contributed by atoms with Crippen LogP contribution in [-0.4, -0.2) is 44.0 Å². The number of fused-ring (bicyclic) bond motifs is 1. The minimum atomic E-state index is -4.99. The van der Waals surface area contributed by atoms with Crippen molar-refractivity contribution < 1.29 is 45.7 Å². The lowest BCUT2D eigenvalue weighted by atomic mass is 10.0. The number of nitrogens with one attached hydrogen (secondary N) is 1. The molecular weight excluding hydrogens is 582 g/mol. The molecule has 0 saturated carbocycles. The van der Waals surface area contributed by atoms with E-state index in [9.17, 15) is 36.2 Å². The molecule has 1 atom stereocenters. The monoisotopic (exact) mass is 602 g/mol. The van der Waals surface area contributed by atoms with Crippen LogP contribution < -0.4 is 10.1 Å². The van der Waals surface area contributed by atoms with Crippen molar-refractivity contribution in [1.82, 2.24) is 14.5 Å². The number of esters is 1. The Hall–Kier alpha value is -4.04. The van der Waals surface area contributed by atoms with E-state index in [0.717, 1.165) is 12.1 Å². The van der Waals surface area contributed by atoms with Crippen molar-refractivity contribution in [2.24, 2.45) is 0 Å². The fraction of sp³-hybridized carbons (Fsp3) is 0.269. The van der Waals surface area contributed by atoms with Crippen LogP contribution >= 0.6 is 11.6 Å². The highest BCUT2D eigenvalue weighted by molar-refractivity contribution is 6.32. The Bertz CT molecular complexity index is 1560. The Labute approximate surface area is 233 Å². The van der Waals surface area contributed by atoms with Crippen molar-refractivity contribution in [3.63, 3.8) is 0 Å². The van der Waals surface area contributed by atoms with E-state index in [1.165, 1.54) is 30.6 Å². The van der Waals surface area contributed by atoms with Gasteiger partial charge >= 0.3 is 18.3 Å². The molecule has 0 aliphatic heterocycles. The first-order valence-electron chi connectivity index (χ1n) is 11.8. The van der Waals surface area contributed by atoms with Gasteiger partial charge in [-0.2, -0.15) is 26.3 Å². The van der Waals surface area contributed by atoms with Gasteiger partial charge in [0, 0.05) is 11.9 Å². The highest BCUT2D eigenvalue weighted by Crippen LogP contribution is 2.36. The van der Waals surface area contributed by atoms with Gasteiger partial charge in [0.1, 0.15) is 29.9 Å². The maximum absolute atomic E-state index is 13.0. The van der Waals surface area contributed by atoms with Crippen LogP contribution in [0.3, 0.4) is 0 Å². The van der Waals surface area contributed by atoms with Crippen molar-refractivity contribution >= 4 is 40.1 Å². The number of carbonyl (C=O) groups is 1. The summed E-state index contributed by atoms with van der Waals surface area (Å²) >= 11 is 6.31. The third-order valence-electron chi connectivity index (χ3n) is 5.83. The molecule has 0 aliphatic carbocycles. The molecule has 0 saturated heterocycles. The molecule has 0 spiro atoms. The molecule has 15 heteroatoms. The molecule has 1 unspecified atom stereocenters. The van der Waals surface area contributed by atoms with E-state index in [1.54, 1.807) is 22.9 Å². The van der Waals surface area contributed by atoms with Gasteiger partial charge in [-0.25, -0.2) is 9.97 Å². The number of ether oxygens (including phenoxy) is 2. The number of rotatable bonds is 9. The lowest BCUT2D eigenvalue weighted by molar-refractivity contribution is -0.255. The second-order valence-electron chi connectivity index (χ2n) is 9.03. The number of aliphatic hydroxyl groups is 1. The number of alkyl halides is 6. The minimum absolute atomic E-state index is 0.0377. The molecule has 41 heavy (non-hydrogen) atoms. The third-order valence-corrected chi connectivity index (χ3v) is 6.12. The summed E-state index contributed by atoms with van der Waals surface area (Å²) < 4.78 is 89.4. The predicted molar refractivity (Wildman–Crippen MR) is 136 cm³/mol.